The zero-order valence-electron chi connectivity index (χ0n) is 14.8. The predicted octanol–water partition coefficient (Wildman–Crippen LogP) is 3.15. The number of aromatic nitrogens is 2. The third-order valence-electron chi connectivity index (χ3n) is 3.66. The summed E-state index contributed by atoms with van der Waals surface area (Å²) >= 11 is 0.291. The van der Waals surface area contributed by atoms with E-state index < -0.39 is 11.7 Å². The average Bonchev–Trinajstić information content (AvgIpc) is 2.89. The van der Waals surface area contributed by atoms with E-state index in [0.29, 0.717) is 22.8 Å². The van der Waals surface area contributed by atoms with Crippen LogP contribution in [0, 0.1) is 0 Å². The lowest BCUT2D eigenvalue weighted by Gasteiger charge is -2.26. The van der Waals surface area contributed by atoms with Gasteiger partial charge in [0.25, 0.3) is 5.76 Å². The van der Waals surface area contributed by atoms with Crippen LogP contribution >= 0.6 is 11.8 Å². The molecule has 0 bridgehead atoms. The molecule has 6 nitrogen and oxygen atoms in total. The summed E-state index contributed by atoms with van der Waals surface area (Å²) in [5.74, 6) is -3.53. The van der Waals surface area contributed by atoms with Crippen LogP contribution in [0.2, 0.25) is 0 Å². The second kappa shape index (κ2) is 8.98. The Morgan fingerprint density at radius 3 is 2.62 bits per heavy atom. The van der Waals surface area contributed by atoms with Gasteiger partial charge >= 0.3 is 5.97 Å². The van der Waals surface area contributed by atoms with Crippen LogP contribution in [0.25, 0.3) is 11.0 Å². The molecule has 1 amide bonds. The van der Waals surface area contributed by atoms with Gasteiger partial charge in [0.1, 0.15) is 13.1 Å². The van der Waals surface area contributed by atoms with E-state index in [-0.39, 0.29) is 36.8 Å². The van der Waals surface area contributed by atoms with E-state index in [1.165, 1.54) is 9.47 Å². The van der Waals surface area contributed by atoms with Crippen molar-refractivity contribution in [3.05, 3.63) is 24.3 Å². The molecule has 0 aliphatic rings. The smallest absolute Gasteiger partial charge is 0.325 e. The van der Waals surface area contributed by atoms with Gasteiger partial charge < -0.3 is 14.2 Å². The first-order valence-electron chi connectivity index (χ1n) is 8.18. The molecule has 2 rings (SSSR count). The lowest BCUT2D eigenvalue weighted by Crippen LogP contribution is -2.43. The number of fused-ring (bicyclic) bond motifs is 1. The third kappa shape index (κ3) is 4.94. The molecule has 1 aromatic heterocycles. The fourth-order valence-electron chi connectivity index (χ4n) is 2.51. The van der Waals surface area contributed by atoms with Crippen LogP contribution in [-0.4, -0.2) is 51.3 Å². The minimum absolute atomic E-state index is 0.0643. The normalized spacial score (nSPS) is 11.3. The van der Waals surface area contributed by atoms with Gasteiger partial charge in [-0.1, -0.05) is 12.1 Å². The highest BCUT2D eigenvalue weighted by Crippen LogP contribution is 2.28. The number of imidazole rings is 1. The summed E-state index contributed by atoms with van der Waals surface area (Å²) in [5, 5.41) is 0.0643. The monoisotopic (exact) mass is 385 g/mol. The molecule has 1 aromatic carbocycles. The Kier molecular flexibility index (Phi) is 6.96. The summed E-state index contributed by atoms with van der Waals surface area (Å²) in [5.41, 5.74) is 1.12. The van der Waals surface area contributed by atoms with Crippen molar-refractivity contribution in [1.82, 2.24) is 14.5 Å². The second-order valence-corrected chi connectivity index (χ2v) is 6.73. The highest BCUT2D eigenvalue weighted by atomic mass is 32.2. The molecule has 0 saturated carbocycles. The van der Waals surface area contributed by atoms with E-state index >= 15 is 0 Å². The molecule has 0 saturated heterocycles. The van der Waals surface area contributed by atoms with E-state index in [1.807, 2.05) is 0 Å². The van der Waals surface area contributed by atoms with Gasteiger partial charge in [0.15, 0.2) is 5.16 Å². The molecule has 0 unspecified atom stereocenters. The van der Waals surface area contributed by atoms with Crippen molar-refractivity contribution in [3.63, 3.8) is 0 Å². The highest BCUT2D eigenvalue weighted by Gasteiger charge is 2.24. The zero-order valence-corrected chi connectivity index (χ0v) is 15.6. The van der Waals surface area contributed by atoms with Gasteiger partial charge in [0.05, 0.1) is 17.6 Å². The standard InChI is InChI=1S/C17H21F2N3O3S/c1-4-25-15(24)10-21(11(2)3)14(23)9-22-13-8-6-5-7-12(13)20-17(22)26-16(18)19/h5-8,11,16H,4,9-10H2,1-3H3. The van der Waals surface area contributed by atoms with Crippen LogP contribution in [0.1, 0.15) is 20.8 Å². The maximum Gasteiger partial charge on any atom is 0.325 e. The van der Waals surface area contributed by atoms with Crippen molar-refractivity contribution < 1.29 is 23.1 Å². The quantitative estimate of drug-likeness (QED) is 0.516. The number of hydrogen-bond acceptors (Lipinski definition) is 5. The van der Waals surface area contributed by atoms with Gasteiger partial charge in [-0.2, -0.15) is 8.78 Å². The molecule has 142 valence electrons. The number of thioether (sulfide) groups is 1. The van der Waals surface area contributed by atoms with Crippen LogP contribution in [0.3, 0.4) is 0 Å². The average molecular weight is 385 g/mol. The minimum atomic E-state index is -2.65. The lowest BCUT2D eigenvalue weighted by atomic mass is 10.3. The first-order valence-corrected chi connectivity index (χ1v) is 9.06. The Hall–Kier alpha value is -2.16. The summed E-state index contributed by atoms with van der Waals surface area (Å²) in [6, 6.07) is 6.67. The van der Waals surface area contributed by atoms with Gasteiger partial charge in [0, 0.05) is 6.04 Å². The van der Waals surface area contributed by atoms with Crippen molar-refractivity contribution in [1.29, 1.82) is 0 Å². The number of halogens is 2. The number of esters is 1. The van der Waals surface area contributed by atoms with Crippen LogP contribution in [0.4, 0.5) is 8.78 Å². The summed E-state index contributed by atoms with van der Waals surface area (Å²) < 4.78 is 32.1. The Morgan fingerprint density at radius 2 is 2.00 bits per heavy atom. The summed E-state index contributed by atoms with van der Waals surface area (Å²) in [6.07, 6.45) is 0. The Bertz CT molecular complexity index is 780. The number of ether oxygens (including phenoxy) is 1. The van der Waals surface area contributed by atoms with Gasteiger partial charge in [-0.15, -0.1) is 0 Å². The second-order valence-electron chi connectivity index (χ2n) is 5.77. The number of benzene rings is 1. The van der Waals surface area contributed by atoms with Crippen LogP contribution in [0.15, 0.2) is 29.4 Å². The SMILES string of the molecule is CCOC(=O)CN(C(=O)Cn1c(SC(F)F)nc2ccccc21)C(C)C. The fourth-order valence-corrected chi connectivity index (χ4v) is 3.11. The maximum atomic E-state index is 12.9. The predicted molar refractivity (Wildman–Crippen MR) is 95.1 cm³/mol. The molecular weight excluding hydrogens is 364 g/mol. The van der Waals surface area contributed by atoms with Gasteiger partial charge in [-0.3, -0.25) is 9.59 Å². The number of carbonyl (C=O) groups is 2. The Morgan fingerprint density at radius 1 is 1.31 bits per heavy atom. The molecule has 0 atom stereocenters. The fraction of sp³-hybridized carbons (Fsp3) is 0.471. The van der Waals surface area contributed by atoms with Crippen LogP contribution in [0.5, 0.6) is 0 Å². The van der Waals surface area contributed by atoms with Crippen molar-refractivity contribution in [2.75, 3.05) is 13.2 Å². The van der Waals surface area contributed by atoms with Crippen LogP contribution in [-0.2, 0) is 20.9 Å². The molecule has 0 N–H and O–H groups in total. The van der Waals surface area contributed by atoms with Crippen molar-refractivity contribution in [2.45, 2.75) is 44.3 Å². The summed E-state index contributed by atoms with van der Waals surface area (Å²) in [4.78, 5) is 30.0. The van der Waals surface area contributed by atoms with Crippen LogP contribution < -0.4 is 0 Å². The molecule has 0 aliphatic heterocycles. The molecule has 2 aromatic rings. The van der Waals surface area contributed by atoms with E-state index in [9.17, 15) is 18.4 Å². The van der Waals surface area contributed by atoms with Crippen molar-refractivity contribution in [3.8, 4) is 0 Å². The first-order chi connectivity index (χ1) is 12.3. The molecule has 0 fully saturated rings. The number of amides is 1. The Balaban J connectivity index is 2.29. The number of alkyl halides is 2. The van der Waals surface area contributed by atoms with E-state index in [4.69, 9.17) is 4.74 Å². The number of hydrogen-bond donors (Lipinski definition) is 0. The topological polar surface area (TPSA) is 64.4 Å². The van der Waals surface area contributed by atoms with E-state index in [1.54, 1.807) is 45.0 Å². The van der Waals surface area contributed by atoms with Gasteiger partial charge in [-0.25, -0.2) is 4.98 Å². The largest absolute Gasteiger partial charge is 0.465 e. The molecule has 0 spiro atoms. The highest BCUT2D eigenvalue weighted by molar-refractivity contribution is 7.99. The van der Waals surface area contributed by atoms with Crippen molar-refractivity contribution >= 4 is 34.7 Å². The molecule has 9 heteroatoms. The number of nitrogens with zero attached hydrogens (tertiary/aromatic N) is 3. The molecule has 0 aliphatic carbocycles. The van der Waals surface area contributed by atoms with E-state index in [2.05, 4.69) is 4.98 Å². The summed E-state index contributed by atoms with van der Waals surface area (Å²) in [6.45, 7) is 5.09. The number of rotatable bonds is 8. The van der Waals surface area contributed by atoms with Crippen molar-refractivity contribution in [2.24, 2.45) is 0 Å². The Labute approximate surface area is 154 Å². The van der Waals surface area contributed by atoms with E-state index in [0.717, 1.165) is 0 Å². The summed E-state index contributed by atoms with van der Waals surface area (Å²) in [7, 11) is 0. The first kappa shape index (κ1) is 20.2. The third-order valence-corrected chi connectivity index (χ3v) is 4.36. The van der Waals surface area contributed by atoms with Gasteiger partial charge in [-0.05, 0) is 44.7 Å². The molecular formula is C17H21F2N3O3S. The maximum absolute atomic E-state index is 12.9. The molecule has 26 heavy (non-hydrogen) atoms. The lowest BCUT2D eigenvalue weighted by molar-refractivity contribution is -0.150. The van der Waals surface area contributed by atoms with Gasteiger partial charge in [0.2, 0.25) is 5.91 Å². The molecule has 1 heterocycles. The minimum Gasteiger partial charge on any atom is -0.465 e. The number of carbonyl (C=O) groups excluding carboxylic acids is 2. The number of para-hydroxylation sites is 2. The molecule has 0 radical (unpaired) electrons. The zero-order chi connectivity index (χ0) is 19.3.